The summed E-state index contributed by atoms with van der Waals surface area (Å²) in [5, 5.41) is 32.5. The summed E-state index contributed by atoms with van der Waals surface area (Å²) in [6, 6.07) is 0. The van der Waals surface area contributed by atoms with Crippen molar-refractivity contribution in [1.29, 1.82) is 0 Å². The van der Waals surface area contributed by atoms with E-state index in [1.165, 1.54) is 0 Å². The van der Waals surface area contributed by atoms with E-state index in [1.54, 1.807) is 0 Å². The monoisotopic (exact) mass is 230 g/mol. The molecule has 0 radical (unpaired) electrons. The molecule has 0 bridgehead atoms. The van der Waals surface area contributed by atoms with Crippen molar-refractivity contribution in [3.05, 3.63) is 0 Å². The maximum atomic E-state index is 9.77. The standard InChI is InChI=1S/C4H6O6.BrH/c5-1(3(7)8)2(6)4(9)10;/h1-2,5-6H,(H,7,8)(H,9,10);1H/t1-,2-;/m1./s1. The molecule has 0 aromatic carbocycles. The molecule has 0 aromatic heterocycles. The molecule has 0 amide bonds. The first kappa shape index (κ1) is 13.0. The molecule has 0 fully saturated rings. The molecule has 0 spiro atoms. The second-order valence-electron chi connectivity index (χ2n) is 1.57. The lowest BCUT2D eigenvalue weighted by Gasteiger charge is -2.07. The number of carboxylic acid groups (broad SMARTS) is 2. The first-order valence-electron chi connectivity index (χ1n) is 2.28. The summed E-state index contributed by atoms with van der Waals surface area (Å²) in [6.45, 7) is 0. The zero-order chi connectivity index (χ0) is 8.31. The maximum Gasteiger partial charge on any atom is 0.335 e. The van der Waals surface area contributed by atoms with Gasteiger partial charge in [0.1, 0.15) is 0 Å². The van der Waals surface area contributed by atoms with E-state index in [4.69, 9.17) is 20.4 Å². The van der Waals surface area contributed by atoms with Gasteiger partial charge in [0.05, 0.1) is 0 Å². The molecule has 4 N–H and O–H groups in total. The summed E-state index contributed by atoms with van der Waals surface area (Å²) in [7, 11) is 0. The SMILES string of the molecule is Br.O=C(O)[C@H](O)[C@@H](O)C(=O)O. The van der Waals surface area contributed by atoms with E-state index in [-0.39, 0.29) is 17.0 Å². The highest BCUT2D eigenvalue weighted by Crippen LogP contribution is 1.92. The third kappa shape index (κ3) is 3.91. The number of aliphatic carboxylic acids is 2. The summed E-state index contributed by atoms with van der Waals surface area (Å²) >= 11 is 0. The molecule has 0 heterocycles. The first-order valence-corrected chi connectivity index (χ1v) is 2.28. The van der Waals surface area contributed by atoms with Gasteiger partial charge < -0.3 is 20.4 Å². The van der Waals surface area contributed by atoms with Gasteiger partial charge in [-0.2, -0.15) is 0 Å². The lowest BCUT2D eigenvalue weighted by Crippen LogP contribution is -2.39. The van der Waals surface area contributed by atoms with Crippen molar-refractivity contribution < 1.29 is 30.0 Å². The highest BCUT2D eigenvalue weighted by Gasteiger charge is 2.29. The van der Waals surface area contributed by atoms with Crippen molar-refractivity contribution in [2.75, 3.05) is 0 Å². The molecule has 0 aliphatic carbocycles. The van der Waals surface area contributed by atoms with Crippen LogP contribution in [-0.2, 0) is 9.59 Å². The molecular formula is C4H7BrO6. The lowest BCUT2D eigenvalue weighted by atomic mass is 10.2. The van der Waals surface area contributed by atoms with E-state index in [2.05, 4.69) is 0 Å². The third-order valence-electron chi connectivity index (χ3n) is 0.805. The Hall–Kier alpha value is -0.660. The predicted molar refractivity (Wildman–Crippen MR) is 37.6 cm³/mol. The molecule has 0 unspecified atom stereocenters. The molecule has 0 aliphatic rings. The van der Waals surface area contributed by atoms with Crippen molar-refractivity contribution in [3.63, 3.8) is 0 Å². The van der Waals surface area contributed by atoms with Crippen molar-refractivity contribution in [2.45, 2.75) is 12.2 Å². The van der Waals surface area contributed by atoms with Crippen LogP contribution in [0.1, 0.15) is 0 Å². The number of rotatable bonds is 3. The number of hydrogen-bond acceptors (Lipinski definition) is 4. The van der Waals surface area contributed by atoms with E-state index >= 15 is 0 Å². The fraction of sp³-hybridized carbons (Fsp3) is 0.500. The minimum atomic E-state index is -2.27. The number of aliphatic hydroxyl groups is 2. The minimum absolute atomic E-state index is 0. The van der Waals surface area contributed by atoms with Crippen molar-refractivity contribution in [3.8, 4) is 0 Å². The van der Waals surface area contributed by atoms with Crippen LogP contribution in [0.15, 0.2) is 0 Å². The third-order valence-corrected chi connectivity index (χ3v) is 0.805. The molecule has 0 saturated heterocycles. The van der Waals surface area contributed by atoms with Gasteiger partial charge in [-0.3, -0.25) is 0 Å². The van der Waals surface area contributed by atoms with Gasteiger partial charge >= 0.3 is 11.9 Å². The molecule has 0 aromatic rings. The van der Waals surface area contributed by atoms with Crippen molar-refractivity contribution >= 4 is 28.9 Å². The summed E-state index contributed by atoms with van der Waals surface area (Å²) < 4.78 is 0. The molecule has 0 saturated carbocycles. The van der Waals surface area contributed by atoms with Gasteiger partial charge in [0.15, 0.2) is 12.2 Å². The van der Waals surface area contributed by atoms with Crippen LogP contribution < -0.4 is 0 Å². The highest BCUT2D eigenvalue weighted by molar-refractivity contribution is 8.93. The summed E-state index contributed by atoms with van der Waals surface area (Å²) in [5.74, 6) is -3.54. The Balaban J connectivity index is 0. The van der Waals surface area contributed by atoms with Crippen LogP contribution in [0.25, 0.3) is 0 Å². The fourth-order valence-corrected chi connectivity index (χ4v) is 0.270. The largest absolute Gasteiger partial charge is 0.479 e. The van der Waals surface area contributed by atoms with Crippen LogP contribution >= 0.6 is 17.0 Å². The fourth-order valence-electron chi connectivity index (χ4n) is 0.270. The van der Waals surface area contributed by atoms with E-state index in [1.807, 2.05) is 0 Å². The van der Waals surface area contributed by atoms with Gasteiger partial charge in [-0.25, -0.2) is 9.59 Å². The van der Waals surface area contributed by atoms with E-state index < -0.39 is 24.1 Å². The van der Waals surface area contributed by atoms with Gasteiger partial charge in [0, 0.05) is 0 Å². The average Bonchev–Trinajstić information content (AvgIpc) is 1.84. The lowest BCUT2D eigenvalue weighted by molar-refractivity contribution is -0.165. The maximum absolute atomic E-state index is 9.77. The van der Waals surface area contributed by atoms with Crippen molar-refractivity contribution in [1.82, 2.24) is 0 Å². The van der Waals surface area contributed by atoms with Crippen LogP contribution in [0, 0.1) is 0 Å². The predicted octanol–water partition coefficient (Wildman–Crippen LogP) is -1.54. The Kier molecular flexibility index (Phi) is 5.96. The molecule has 66 valence electrons. The smallest absolute Gasteiger partial charge is 0.335 e. The molecule has 6 nitrogen and oxygen atoms in total. The van der Waals surface area contributed by atoms with Crippen LogP contribution in [-0.4, -0.2) is 44.6 Å². The Labute approximate surface area is 71.8 Å². The topological polar surface area (TPSA) is 115 Å². The Morgan fingerprint density at radius 1 is 0.909 bits per heavy atom. The second-order valence-corrected chi connectivity index (χ2v) is 1.57. The Bertz CT molecular complexity index is 139. The molecule has 7 heteroatoms. The zero-order valence-corrected chi connectivity index (χ0v) is 6.88. The Morgan fingerprint density at radius 2 is 1.09 bits per heavy atom. The quantitative estimate of drug-likeness (QED) is 0.467. The number of aliphatic hydroxyl groups excluding tert-OH is 2. The van der Waals surface area contributed by atoms with Gasteiger partial charge in [-0.05, 0) is 0 Å². The van der Waals surface area contributed by atoms with Gasteiger partial charge in [0.25, 0.3) is 0 Å². The summed E-state index contributed by atoms with van der Waals surface area (Å²) in [5.41, 5.74) is 0. The van der Waals surface area contributed by atoms with Gasteiger partial charge in [0.2, 0.25) is 0 Å². The zero-order valence-electron chi connectivity index (χ0n) is 5.17. The number of hydrogen-bond donors (Lipinski definition) is 4. The molecule has 0 aliphatic heterocycles. The van der Waals surface area contributed by atoms with E-state index in [9.17, 15) is 9.59 Å². The second kappa shape index (κ2) is 5.05. The molecule has 2 atom stereocenters. The highest BCUT2D eigenvalue weighted by atomic mass is 79.9. The Morgan fingerprint density at radius 3 is 1.18 bits per heavy atom. The summed E-state index contributed by atoms with van der Waals surface area (Å²) in [6.07, 6.45) is -4.53. The van der Waals surface area contributed by atoms with Crippen LogP contribution in [0.4, 0.5) is 0 Å². The number of carboxylic acids is 2. The molecular weight excluding hydrogens is 224 g/mol. The van der Waals surface area contributed by atoms with Crippen LogP contribution in [0.2, 0.25) is 0 Å². The molecule has 11 heavy (non-hydrogen) atoms. The minimum Gasteiger partial charge on any atom is -0.479 e. The molecule has 0 rings (SSSR count). The number of carbonyl (C=O) groups is 2. The van der Waals surface area contributed by atoms with E-state index in [0.717, 1.165) is 0 Å². The van der Waals surface area contributed by atoms with Crippen LogP contribution in [0.3, 0.4) is 0 Å². The van der Waals surface area contributed by atoms with Crippen LogP contribution in [0.5, 0.6) is 0 Å². The van der Waals surface area contributed by atoms with E-state index in [0.29, 0.717) is 0 Å². The van der Waals surface area contributed by atoms with Crippen molar-refractivity contribution in [2.24, 2.45) is 0 Å². The normalized spacial score (nSPS) is 14.4. The average molecular weight is 231 g/mol. The first-order chi connectivity index (χ1) is 4.46. The van der Waals surface area contributed by atoms with Gasteiger partial charge in [-0.15, -0.1) is 17.0 Å². The number of halogens is 1. The summed E-state index contributed by atoms with van der Waals surface area (Å²) in [4.78, 5) is 19.5. The van der Waals surface area contributed by atoms with Gasteiger partial charge in [-0.1, -0.05) is 0 Å².